The molecule has 0 atom stereocenters. The molecule has 0 spiro atoms. The van der Waals surface area contributed by atoms with Crippen LogP contribution in [0.1, 0.15) is 54.4 Å². The second-order valence-corrected chi connectivity index (χ2v) is 5.04. The number of nitrogens with two attached hydrogens (primary N) is 1. The Labute approximate surface area is 99.6 Å². The molecule has 16 heavy (non-hydrogen) atoms. The summed E-state index contributed by atoms with van der Waals surface area (Å²) < 4.78 is 5.06. The quantitative estimate of drug-likeness (QED) is 0.824. The molecule has 1 heterocycles. The van der Waals surface area contributed by atoms with Crippen molar-refractivity contribution in [2.45, 2.75) is 38.5 Å². The van der Waals surface area contributed by atoms with E-state index in [1.807, 2.05) is 12.3 Å². The molecular weight excluding hydrogens is 222 g/mol. The lowest BCUT2D eigenvalue weighted by Crippen LogP contribution is -2.09. The smallest absolute Gasteiger partial charge is 0.341 e. The summed E-state index contributed by atoms with van der Waals surface area (Å²) in [4.78, 5) is 11.8. The lowest BCUT2D eigenvalue weighted by molar-refractivity contribution is 0.0526. The van der Waals surface area contributed by atoms with E-state index in [9.17, 15) is 4.79 Å². The number of nitrogen functional groups attached to an aromatic ring is 1. The third kappa shape index (κ3) is 2.07. The Morgan fingerprint density at radius 2 is 2.25 bits per heavy atom. The van der Waals surface area contributed by atoms with Crippen LogP contribution in [0.15, 0.2) is 5.38 Å². The predicted molar refractivity (Wildman–Crippen MR) is 65.9 cm³/mol. The molecule has 0 radical (unpaired) electrons. The van der Waals surface area contributed by atoms with Crippen molar-refractivity contribution in [2.24, 2.45) is 0 Å². The largest absolute Gasteiger partial charge is 0.462 e. The molecule has 1 aromatic heterocycles. The third-order valence-corrected chi connectivity index (χ3v) is 3.95. The second kappa shape index (κ2) is 4.87. The molecule has 88 valence electrons. The zero-order valence-corrected chi connectivity index (χ0v) is 10.3. The Bertz CT molecular complexity index is 380. The van der Waals surface area contributed by atoms with E-state index in [2.05, 4.69) is 0 Å². The van der Waals surface area contributed by atoms with Gasteiger partial charge in [-0.2, -0.15) is 0 Å². The van der Waals surface area contributed by atoms with Gasteiger partial charge in [-0.25, -0.2) is 4.79 Å². The van der Waals surface area contributed by atoms with Crippen LogP contribution in [0, 0.1) is 0 Å². The van der Waals surface area contributed by atoms with E-state index in [0.717, 1.165) is 5.56 Å². The summed E-state index contributed by atoms with van der Waals surface area (Å²) in [6.07, 6.45) is 4.84. The van der Waals surface area contributed by atoms with Crippen molar-refractivity contribution in [2.75, 3.05) is 12.3 Å². The first-order chi connectivity index (χ1) is 7.74. The maximum atomic E-state index is 11.8. The number of carbonyl (C=O) groups is 1. The summed E-state index contributed by atoms with van der Waals surface area (Å²) in [5.41, 5.74) is 7.59. The summed E-state index contributed by atoms with van der Waals surface area (Å²) in [7, 11) is 0. The minimum atomic E-state index is -0.261. The van der Waals surface area contributed by atoms with Gasteiger partial charge in [-0.15, -0.1) is 11.3 Å². The fourth-order valence-electron chi connectivity index (χ4n) is 2.35. The van der Waals surface area contributed by atoms with Crippen molar-refractivity contribution < 1.29 is 9.53 Å². The fraction of sp³-hybridized carbons (Fsp3) is 0.583. The number of hydrogen-bond acceptors (Lipinski definition) is 4. The van der Waals surface area contributed by atoms with Gasteiger partial charge in [-0.05, 0) is 36.6 Å². The molecule has 1 saturated carbocycles. The molecule has 2 N–H and O–H groups in total. The molecule has 2 rings (SSSR count). The number of thiophene rings is 1. The van der Waals surface area contributed by atoms with Gasteiger partial charge in [-0.3, -0.25) is 0 Å². The van der Waals surface area contributed by atoms with E-state index in [4.69, 9.17) is 10.5 Å². The number of hydrogen-bond donors (Lipinski definition) is 1. The topological polar surface area (TPSA) is 52.3 Å². The minimum Gasteiger partial charge on any atom is -0.462 e. The van der Waals surface area contributed by atoms with Crippen LogP contribution in [0.4, 0.5) is 5.00 Å². The Kier molecular flexibility index (Phi) is 3.49. The van der Waals surface area contributed by atoms with E-state index in [1.54, 1.807) is 0 Å². The lowest BCUT2D eigenvalue weighted by Gasteiger charge is -2.10. The Hall–Kier alpha value is -1.03. The Morgan fingerprint density at radius 3 is 2.88 bits per heavy atom. The maximum absolute atomic E-state index is 11.8. The molecule has 1 fully saturated rings. The number of ether oxygens (including phenoxy) is 1. The van der Waals surface area contributed by atoms with Crippen LogP contribution in [-0.4, -0.2) is 12.6 Å². The van der Waals surface area contributed by atoms with Crippen LogP contribution in [0.25, 0.3) is 0 Å². The highest BCUT2D eigenvalue weighted by Gasteiger charge is 2.26. The summed E-state index contributed by atoms with van der Waals surface area (Å²) in [5, 5.41) is 2.62. The molecule has 3 nitrogen and oxygen atoms in total. The zero-order chi connectivity index (χ0) is 11.5. The van der Waals surface area contributed by atoms with E-state index < -0.39 is 0 Å². The molecule has 0 amide bonds. The van der Waals surface area contributed by atoms with Gasteiger partial charge < -0.3 is 10.5 Å². The highest BCUT2D eigenvalue weighted by atomic mass is 32.1. The fourth-order valence-corrected chi connectivity index (χ4v) is 3.23. The van der Waals surface area contributed by atoms with Gasteiger partial charge in [0.25, 0.3) is 0 Å². The van der Waals surface area contributed by atoms with Crippen LogP contribution in [0.5, 0.6) is 0 Å². The molecule has 0 bridgehead atoms. The van der Waals surface area contributed by atoms with Gasteiger partial charge >= 0.3 is 5.97 Å². The van der Waals surface area contributed by atoms with E-state index in [0.29, 0.717) is 23.1 Å². The van der Waals surface area contributed by atoms with Gasteiger partial charge in [0.1, 0.15) is 5.00 Å². The van der Waals surface area contributed by atoms with Crippen molar-refractivity contribution in [1.82, 2.24) is 0 Å². The molecule has 1 aliphatic rings. The Balaban J connectivity index is 2.27. The van der Waals surface area contributed by atoms with Crippen molar-refractivity contribution in [1.29, 1.82) is 0 Å². The first-order valence-corrected chi connectivity index (χ1v) is 6.66. The molecule has 0 aliphatic heterocycles. The standard InChI is InChI=1S/C12H17NO2S/c1-2-15-12(14)10-9(7-16-11(10)13)8-5-3-4-6-8/h7-8H,2-6,13H2,1H3. The third-order valence-electron chi connectivity index (χ3n) is 3.12. The van der Waals surface area contributed by atoms with Crippen LogP contribution in [0.2, 0.25) is 0 Å². The Morgan fingerprint density at radius 1 is 1.56 bits per heavy atom. The van der Waals surface area contributed by atoms with Gasteiger partial charge in [0, 0.05) is 0 Å². The van der Waals surface area contributed by atoms with Gasteiger partial charge in [-0.1, -0.05) is 12.8 Å². The molecule has 1 aromatic rings. The molecule has 0 aromatic carbocycles. The predicted octanol–water partition coefficient (Wildman–Crippen LogP) is 3.16. The second-order valence-electron chi connectivity index (χ2n) is 4.13. The van der Waals surface area contributed by atoms with E-state index in [1.165, 1.54) is 37.0 Å². The highest BCUT2D eigenvalue weighted by Crippen LogP contribution is 2.40. The average molecular weight is 239 g/mol. The maximum Gasteiger partial charge on any atom is 0.341 e. The van der Waals surface area contributed by atoms with Crippen molar-refractivity contribution in [3.8, 4) is 0 Å². The van der Waals surface area contributed by atoms with Gasteiger partial charge in [0.15, 0.2) is 0 Å². The van der Waals surface area contributed by atoms with Gasteiger partial charge in [0.2, 0.25) is 0 Å². The van der Waals surface area contributed by atoms with E-state index >= 15 is 0 Å². The normalized spacial score (nSPS) is 16.6. The minimum absolute atomic E-state index is 0.261. The zero-order valence-electron chi connectivity index (χ0n) is 9.49. The number of esters is 1. The summed E-state index contributed by atoms with van der Waals surface area (Å²) in [5.74, 6) is 0.246. The van der Waals surface area contributed by atoms with Gasteiger partial charge in [0.05, 0.1) is 12.2 Å². The first kappa shape index (κ1) is 11.5. The summed E-state index contributed by atoms with van der Waals surface area (Å²) in [6, 6.07) is 0. The molecule has 1 aliphatic carbocycles. The average Bonchev–Trinajstić information content (AvgIpc) is 2.86. The number of anilines is 1. The lowest BCUT2D eigenvalue weighted by atomic mass is 9.96. The van der Waals surface area contributed by atoms with Crippen LogP contribution in [0.3, 0.4) is 0 Å². The summed E-state index contributed by atoms with van der Waals surface area (Å²) in [6.45, 7) is 2.22. The van der Waals surface area contributed by atoms with Crippen molar-refractivity contribution in [3.63, 3.8) is 0 Å². The van der Waals surface area contributed by atoms with E-state index in [-0.39, 0.29) is 5.97 Å². The number of carbonyl (C=O) groups excluding carboxylic acids is 1. The molecule has 0 unspecified atom stereocenters. The highest BCUT2D eigenvalue weighted by molar-refractivity contribution is 7.14. The van der Waals surface area contributed by atoms with Crippen molar-refractivity contribution in [3.05, 3.63) is 16.5 Å². The first-order valence-electron chi connectivity index (χ1n) is 5.78. The molecular formula is C12H17NO2S. The molecule has 4 heteroatoms. The van der Waals surface area contributed by atoms with Crippen LogP contribution < -0.4 is 5.73 Å². The SMILES string of the molecule is CCOC(=O)c1c(C2CCCC2)csc1N. The monoisotopic (exact) mass is 239 g/mol. The van der Waals surface area contributed by atoms with Crippen molar-refractivity contribution >= 4 is 22.3 Å². The summed E-state index contributed by atoms with van der Waals surface area (Å²) >= 11 is 1.45. The number of rotatable bonds is 3. The van der Waals surface area contributed by atoms with Crippen LogP contribution in [-0.2, 0) is 4.74 Å². The molecule has 0 saturated heterocycles. The van der Waals surface area contributed by atoms with Crippen LogP contribution >= 0.6 is 11.3 Å².